The zero-order valence-corrected chi connectivity index (χ0v) is 20.2. The number of nitrogens with one attached hydrogen (secondary N) is 2. The van der Waals surface area contributed by atoms with Gasteiger partial charge in [0, 0.05) is 12.6 Å². The zero-order chi connectivity index (χ0) is 28.2. The van der Waals surface area contributed by atoms with Crippen LogP contribution in [0.4, 0.5) is 32.0 Å². The Bertz CT molecular complexity index is 1470. The molecule has 2 N–H and O–H groups in total. The normalized spacial score (nSPS) is 14.8. The summed E-state index contributed by atoms with van der Waals surface area (Å²) in [6.07, 6.45) is 0.293. The van der Waals surface area contributed by atoms with Gasteiger partial charge in [-0.2, -0.15) is 27.1 Å². The molecule has 1 aliphatic heterocycles. The van der Waals surface area contributed by atoms with Crippen LogP contribution >= 0.6 is 0 Å². The second kappa shape index (κ2) is 11.9. The van der Waals surface area contributed by atoms with E-state index in [2.05, 4.69) is 20.1 Å². The number of hydrogen-bond acceptors (Lipinski definition) is 7. The number of aromatic nitrogens is 4. The van der Waals surface area contributed by atoms with Crippen molar-refractivity contribution in [2.24, 2.45) is 0 Å². The fraction of sp³-hybridized carbons (Fsp3) is 0.417. The summed E-state index contributed by atoms with van der Waals surface area (Å²) < 4.78 is 91.1. The van der Waals surface area contributed by atoms with Gasteiger partial charge in [0.05, 0.1) is 47.9 Å². The van der Waals surface area contributed by atoms with Crippen molar-refractivity contribution in [3.05, 3.63) is 68.4 Å². The average molecular weight is 559 g/mol. The van der Waals surface area contributed by atoms with Crippen molar-refractivity contribution in [3.63, 3.8) is 0 Å². The minimum atomic E-state index is -5.04. The Hall–Kier alpha value is -3.88. The van der Waals surface area contributed by atoms with Gasteiger partial charge in [0.25, 0.3) is 11.1 Å². The summed E-state index contributed by atoms with van der Waals surface area (Å²) in [5.41, 5.74) is -3.90. The molecular weight excluding hydrogens is 536 g/mol. The molecule has 210 valence electrons. The van der Waals surface area contributed by atoms with E-state index in [1.807, 2.05) is 0 Å². The molecule has 9 nitrogen and oxygen atoms in total. The van der Waals surface area contributed by atoms with E-state index in [1.165, 1.54) is 17.0 Å². The van der Waals surface area contributed by atoms with Crippen LogP contribution in [0.2, 0.25) is 0 Å². The van der Waals surface area contributed by atoms with Crippen LogP contribution in [-0.2, 0) is 22.2 Å². The number of anilines is 1. The van der Waals surface area contributed by atoms with E-state index >= 15 is 0 Å². The van der Waals surface area contributed by atoms with Gasteiger partial charge < -0.3 is 14.8 Å². The predicted molar refractivity (Wildman–Crippen MR) is 128 cm³/mol. The molecule has 15 heteroatoms. The van der Waals surface area contributed by atoms with Gasteiger partial charge in [-0.05, 0) is 43.9 Å². The summed E-state index contributed by atoms with van der Waals surface area (Å²) in [5, 5.41) is 7.42. The van der Waals surface area contributed by atoms with Gasteiger partial charge in [0.1, 0.15) is 17.1 Å². The Morgan fingerprint density at radius 1 is 1.23 bits per heavy atom. The number of benzene rings is 1. The lowest BCUT2D eigenvalue weighted by molar-refractivity contribution is -0.138. The molecule has 1 aromatic carbocycles. The Labute approximate surface area is 216 Å². The molecule has 39 heavy (non-hydrogen) atoms. The topological polar surface area (TPSA) is 111 Å². The number of hydrogen-bond donors (Lipinski definition) is 2. The maximum Gasteiger partial charge on any atom is 0.423 e. The quantitative estimate of drug-likeness (QED) is 0.357. The molecule has 0 saturated carbocycles. The average Bonchev–Trinajstić information content (AvgIpc) is 2.88. The van der Waals surface area contributed by atoms with Crippen LogP contribution in [0, 0.1) is 5.82 Å². The third-order valence-electron chi connectivity index (χ3n) is 5.99. The van der Waals surface area contributed by atoms with Crippen molar-refractivity contribution < 1.29 is 35.8 Å². The minimum absolute atomic E-state index is 0.00792. The molecule has 4 rings (SSSR count). The molecule has 0 spiro atoms. The Morgan fingerprint density at radius 2 is 2.03 bits per heavy atom. The number of aromatic amines is 1. The van der Waals surface area contributed by atoms with Crippen molar-refractivity contribution in [3.8, 4) is 0 Å². The highest BCUT2D eigenvalue weighted by Crippen LogP contribution is 2.32. The molecule has 1 unspecified atom stereocenters. The molecule has 0 bridgehead atoms. The van der Waals surface area contributed by atoms with E-state index < -0.39 is 53.6 Å². The second-order valence-electron chi connectivity index (χ2n) is 8.71. The summed E-state index contributed by atoms with van der Waals surface area (Å²) in [4.78, 5) is 28.9. The fourth-order valence-electron chi connectivity index (χ4n) is 4.18. The predicted octanol–water partition coefficient (Wildman–Crippen LogP) is 4.29. The first-order valence-electron chi connectivity index (χ1n) is 11.9. The van der Waals surface area contributed by atoms with Crippen molar-refractivity contribution in [1.29, 1.82) is 0 Å². The minimum Gasteiger partial charge on any atom is -0.493 e. The molecule has 0 radical (unpaired) electrons. The lowest BCUT2D eigenvalue weighted by Gasteiger charge is -2.22. The summed E-state index contributed by atoms with van der Waals surface area (Å²) in [5.74, 6) is -0.284. The van der Waals surface area contributed by atoms with Crippen LogP contribution in [0.1, 0.15) is 36.8 Å². The molecule has 1 atom stereocenters. The monoisotopic (exact) mass is 559 g/mol. The van der Waals surface area contributed by atoms with Crippen LogP contribution in [0.15, 0.2) is 40.3 Å². The summed E-state index contributed by atoms with van der Waals surface area (Å²) >= 11 is 0. The van der Waals surface area contributed by atoms with Gasteiger partial charge in [0.2, 0.25) is 0 Å². The number of halogens is 6. The van der Waals surface area contributed by atoms with Crippen LogP contribution in [0.25, 0.3) is 16.7 Å². The van der Waals surface area contributed by atoms with E-state index in [0.29, 0.717) is 18.6 Å². The molecular formula is C24H23F6N5O4. The number of H-pyrrole nitrogens is 1. The van der Waals surface area contributed by atoms with Crippen LogP contribution < -0.4 is 16.4 Å². The van der Waals surface area contributed by atoms with Crippen molar-refractivity contribution >= 4 is 22.3 Å². The van der Waals surface area contributed by atoms with Crippen molar-refractivity contribution in [2.75, 3.05) is 18.5 Å². The van der Waals surface area contributed by atoms with Gasteiger partial charge in [-0.15, -0.1) is 0 Å². The molecule has 1 aliphatic rings. The third-order valence-corrected chi connectivity index (χ3v) is 5.99. The van der Waals surface area contributed by atoms with E-state index in [0.717, 1.165) is 18.9 Å². The zero-order valence-electron chi connectivity index (χ0n) is 20.2. The highest BCUT2D eigenvalue weighted by molar-refractivity contribution is 5.81. The summed E-state index contributed by atoms with van der Waals surface area (Å²) in [7, 11) is 0. The largest absolute Gasteiger partial charge is 0.493 e. The molecule has 0 saturated heterocycles. The Morgan fingerprint density at radius 3 is 2.72 bits per heavy atom. The SMILES string of the molecule is O=c1[nH]ncc(NC(CCCn2cnc3cc(C4=CCCCO4)c(F)cc3c2=O)COC(F)F)c1C(F)(F)F. The molecule has 0 amide bonds. The Balaban J connectivity index is 1.51. The molecule has 0 fully saturated rings. The number of ether oxygens (including phenoxy) is 2. The first-order valence-corrected chi connectivity index (χ1v) is 11.9. The van der Waals surface area contributed by atoms with Crippen molar-refractivity contribution in [1.82, 2.24) is 19.7 Å². The van der Waals surface area contributed by atoms with E-state index in [4.69, 9.17) is 4.74 Å². The Kier molecular flexibility index (Phi) is 8.57. The maximum atomic E-state index is 14.8. The highest BCUT2D eigenvalue weighted by atomic mass is 19.4. The number of fused-ring (bicyclic) bond motifs is 1. The number of rotatable bonds is 10. The van der Waals surface area contributed by atoms with Gasteiger partial charge in [0.15, 0.2) is 0 Å². The van der Waals surface area contributed by atoms with Crippen LogP contribution in [-0.4, -0.2) is 45.6 Å². The fourth-order valence-corrected chi connectivity index (χ4v) is 4.18. The first-order chi connectivity index (χ1) is 18.5. The van der Waals surface area contributed by atoms with E-state index in [-0.39, 0.29) is 35.9 Å². The van der Waals surface area contributed by atoms with Gasteiger partial charge in [-0.25, -0.2) is 14.5 Å². The van der Waals surface area contributed by atoms with E-state index in [1.54, 1.807) is 11.2 Å². The first kappa shape index (κ1) is 28.1. The van der Waals surface area contributed by atoms with Gasteiger partial charge in [-0.1, -0.05) is 0 Å². The molecule has 3 aromatic rings. The maximum absolute atomic E-state index is 14.8. The van der Waals surface area contributed by atoms with Gasteiger partial charge >= 0.3 is 12.8 Å². The van der Waals surface area contributed by atoms with Crippen LogP contribution in [0.3, 0.4) is 0 Å². The lowest BCUT2D eigenvalue weighted by Crippen LogP contribution is -2.32. The lowest BCUT2D eigenvalue weighted by atomic mass is 10.1. The molecule has 3 heterocycles. The highest BCUT2D eigenvalue weighted by Gasteiger charge is 2.37. The number of aryl methyl sites for hydroxylation is 1. The number of nitrogens with zero attached hydrogens (tertiary/aromatic N) is 3. The third kappa shape index (κ3) is 6.77. The number of allylic oxidation sites excluding steroid dienone is 1. The second-order valence-corrected chi connectivity index (χ2v) is 8.71. The molecule has 2 aromatic heterocycles. The van der Waals surface area contributed by atoms with E-state index in [9.17, 15) is 35.9 Å². The standard InChI is InChI=1S/C24H23F6N5O4/c25-16-8-15-17(9-14(16)19-5-1-2-7-38-19)31-12-35(22(15)37)6-3-4-13(11-39-23(26)27)33-18-10-32-34-21(36)20(18)24(28,29)30/h5,8-10,12-13,23H,1-4,6-7,11H2,(H2,33,34,36). The summed E-state index contributed by atoms with van der Waals surface area (Å²) in [6, 6.07) is 1.38. The molecule has 0 aliphatic carbocycles. The summed E-state index contributed by atoms with van der Waals surface area (Å²) in [6.45, 7) is -3.44. The number of alkyl halides is 5. The van der Waals surface area contributed by atoms with Gasteiger partial charge in [-0.3, -0.25) is 14.2 Å². The smallest absolute Gasteiger partial charge is 0.423 e. The van der Waals surface area contributed by atoms with Crippen LogP contribution in [0.5, 0.6) is 0 Å². The van der Waals surface area contributed by atoms with Crippen molar-refractivity contribution in [2.45, 2.75) is 51.1 Å².